The average molecular weight is 344 g/mol. The lowest BCUT2D eigenvalue weighted by molar-refractivity contribution is -0.119. The van der Waals surface area contributed by atoms with Crippen LogP contribution in [0.3, 0.4) is 0 Å². The van der Waals surface area contributed by atoms with E-state index in [1.807, 2.05) is 6.07 Å². The number of ether oxygens (including phenoxy) is 1. The molecule has 0 radical (unpaired) electrons. The van der Waals surface area contributed by atoms with E-state index in [4.69, 9.17) is 4.74 Å². The van der Waals surface area contributed by atoms with E-state index >= 15 is 0 Å². The second-order valence-corrected chi connectivity index (χ2v) is 6.04. The highest BCUT2D eigenvalue weighted by atomic mass is 19.1. The molecule has 132 valence electrons. The lowest BCUT2D eigenvalue weighted by Gasteiger charge is -2.32. The van der Waals surface area contributed by atoms with Crippen LogP contribution in [-0.4, -0.2) is 40.5 Å². The van der Waals surface area contributed by atoms with Gasteiger partial charge in [-0.1, -0.05) is 12.1 Å². The molecule has 1 aliphatic heterocycles. The van der Waals surface area contributed by atoms with Gasteiger partial charge >= 0.3 is 0 Å². The minimum absolute atomic E-state index is 0.102. The Balaban J connectivity index is 1.64. The number of nitrogens with one attached hydrogen (secondary N) is 1. The van der Waals surface area contributed by atoms with Crippen molar-refractivity contribution in [3.8, 4) is 0 Å². The van der Waals surface area contributed by atoms with Crippen LogP contribution in [0.15, 0.2) is 36.5 Å². The summed E-state index contributed by atoms with van der Waals surface area (Å²) in [6.07, 6.45) is 1.44. The first kappa shape index (κ1) is 17.4. The molecule has 2 heterocycles. The van der Waals surface area contributed by atoms with E-state index in [9.17, 15) is 9.18 Å². The molecule has 3 rings (SSSR count). The second kappa shape index (κ2) is 8.13. The number of rotatable bonds is 5. The number of nitrogens with zero attached hydrogens (tertiary/aromatic N) is 3. The highest BCUT2D eigenvalue weighted by molar-refractivity contribution is 5.72. The Morgan fingerprint density at radius 3 is 3.12 bits per heavy atom. The van der Waals surface area contributed by atoms with Crippen molar-refractivity contribution in [1.82, 2.24) is 20.2 Å². The molecule has 1 fully saturated rings. The maximum absolute atomic E-state index is 13.3. The molecule has 7 heteroatoms. The summed E-state index contributed by atoms with van der Waals surface area (Å²) >= 11 is 0. The molecule has 1 saturated heterocycles. The van der Waals surface area contributed by atoms with Gasteiger partial charge in [-0.15, -0.1) is 0 Å². The lowest BCUT2D eigenvalue weighted by Crippen LogP contribution is -2.38. The maximum Gasteiger partial charge on any atom is 0.217 e. The third-order valence-corrected chi connectivity index (χ3v) is 3.98. The second-order valence-electron chi connectivity index (χ2n) is 6.04. The number of hydrogen-bond donors (Lipinski definition) is 1. The minimum Gasteiger partial charge on any atom is -0.368 e. The van der Waals surface area contributed by atoms with Crippen molar-refractivity contribution in [3.05, 3.63) is 59.4 Å². The summed E-state index contributed by atoms with van der Waals surface area (Å²) in [5, 5.41) is 2.72. The summed E-state index contributed by atoms with van der Waals surface area (Å²) in [5.74, 6) is 0.276. The van der Waals surface area contributed by atoms with Crippen LogP contribution in [-0.2, 0) is 22.6 Å². The van der Waals surface area contributed by atoms with Gasteiger partial charge in [0.2, 0.25) is 5.91 Å². The Morgan fingerprint density at radius 1 is 1.44 bits per heavy atom. The molecule has 1 amide bonds. The number of morpholine rings is 1. The van der Waals surface area contributed by atoms with E-state index in [0.29, 0.717) is 32.1 Å². The zero-order chi connectivity index (χ0) is 17.6. The first-order valence-electron chi connectivity index (χ1n) is 8.25. The fourth-order valence-corrected chi connectivity index (χ4v) is 2.78. The van der Waals surface area contributed by atoms with Crippen LogP contribution in [0.1, 0.15) is 30.1 Å². The van der Waals surface area contributed by atoms with Crippen molar-refractivity contribution in [2.45, 2.75) is 26.1 Å². The Labute approximate surface area is 146 Å². The van der Waals surface area contributed by atoms with E-state index in [0.717, 1.165) is 17.8 Å². The molecule has 1 aliphatic rings. The smallest absolute Gasteiger partial charge is 0.217 e. The molecule has 1 unspecified atom stereocenters. The van der Waals surface area contributed by atoms with E-state index in [2.05, 4.69) is 20.2 Å². The quantitative estimate of drug-likeness (QED) is 0.896. The minimum atomic E-state index is -0.236. The van der Waals surface area contributed by atoms with Crippen molar-refractivity contribution in [1.29, 1.82) is 0 Å². The Morgan fingerprint density at radius 2 is 2.32 bits per heavy atom. The van der Waals surface area contributed by atoms with Crippen LogP contribution in [0.25, 0.3) is 0 Å². The largest absolute Gasteiger partial charge is 0.368 e. The highest BCUT2D eigenvalue weighted by Crippen LogP contribution is 2.21. The predicted octanol–water partition coefficient (Wildman–Crippen LogP) is 1.83. The first-order chi connectivity index (χ1) is 12.1. The molecule has 1 atom stereocenters. The van der Waals surface area contributed by atoms with Crippen LogP contribution in [0.2, 0.25) is 0 Å². The summed E-state index contributed by atoms with van der Waals surface area (Å²) in [7, 11) is 0. The molecule has 0 aliphatic carbocycles. The van der Waals surface area contributed by atoms with E-state index in [-0.39, 0.29) is 17.8 Å². The highest BCUT2D eigenvalue weighted by Gasteiger charge is 2.24. The van der Waals surface area contributed by atoms with Gasteiger partial charge in [-0.25, -0.2) is 14.4 Å². The van der Waals surface area contributed by atoms with Gasteiger partial charge in [0.15, 0.2) is 5.82 Å². The molecule has 2 aromatic rings. The van der Waals surface area contributed by atoms with Crippen LogP contribution in [0.4, 0.5) is 4.39 Å². The predicted molar refractivity (Wildman–Crippen MR) is 89.9 cm³/mol. The molecule has 0 saturated carbocycles. The van der Waals surface area contributed by atoms with Gasteiger partial charge in [-0.3, -0.25) is 9.69 Å². The summed E-state index contributed by atoms with van der Waals surface area (Å²) in [4.78, 5) is 22.0. The first-order valence-corrected chi connectivity index (χ1v) is 8.25. The zero-order valence-corrected chi connectivity index (χ0v) is 14.1. The number of benzene rings is 1. The fourth-order valence-electron chi connectivity index (χ4n) is 2.78. The fraction of sp³-hybridized carbons (Fsp3) is 0.389. The molecule has 1 N–H and O–H groups in total. The molecule has 1 aromatic heterocycles. The number of carbonyl (C=O) groups excluding carboxylic acids is 1. The van der Waals surface area contributed by atoms with Crippen molar-refractivity contribution in [2.24, 2.45) is 0 Å². The average Bonchev–Trinajstić information content (AvgIpc) is 2.60. The summed E-state index contributed by atoms with van der Waals surface area (Å²) in [6.45, 7) is 4.47. The normalized spacial score (nSPS) is 18.1. The van der Waals surface area contributed by atoms with E-state index < -0.39 is 0 Å². The Kier molecular flexibility index (Phi) is 5.67. The van der Waals surface area contributed by atoms with Crippen LogP contribution in [0, 0.1) is 5.82 Å². The third-order valence-electron chi connectivity index (χ3n) is 3.98. The van der Waals surface area contributed by atoms with Gasteiger partial charge in [-0.2, -0.15) is 0 Å². The van der Waals surface area contributed by atoms with Crippen LogP contribution >= 0.6 is 0 Å². The third kappa shape index (κ3) is 5.04. The maximum atomic E-state index is 13.3. The Hall–Kier alpha value is -2.38. The molecule has 0 bridgehead atoms. The van der Waals surface area contributed by atoms with E-state index in [1.54, 1.807) is 24.4 Å². The monoisotopic (exact) mass is 344 g/mol. The number of halogens is 1. The van der Waals surface area contributed by atoms with Gasteiger partial charge in [0, 0.05) is 32.8 Å². The molecule has 1 aromatic carbocycles. The van der Waals surface area contributed by atoms with Crippen molar-refractivity contribution < 1.29 is 13.9 Å². The van der Waals surface area contributed by atoms with Gasteiger partial charge < -0.3 is 10.1 Å². The molecule has 25 heavy (non-hydrogen) atoms. The van der Waals surface area contributed by atoms with E-state index in [1.165, 1.54) is 13.0 Å². The molecular formula is C18H21FN4O2. The van der Waals surface area contributed by atoms with Crippen LogP contribution in [0.5, 0.6) is 0 Å². The standard InChI is InChI=1S/C18H21FN4O2/c1-13(24)21-10-16-5-6-20-18(22-16)17-12-23(7-8-25-17)11-14-3-2-4-15(19)9-14/h2-6,9,17H,7-8,10-12H2,1H3,(H,21,24). The number of aromatic nitrogens is 2. The summed E-state index contributed by atoms with van der Waals surface area (Å²) < 4.78 is 19.2. The molecule has 6 nitrogen and oxygen atoms in total. The van der Waals surface area contributed by atoms with Crippen molar-refractivity contribution in [3.63, 3.8) is 0 Å². The van der Waals surface area contributed by atoms with Gasteiger partial charge in [0.25, 0.3) is 0 Å². The van der Waals surface area contributed by atoms with Gasteiger partial charge in [0.1, 0.15) is 11.9 Å². The topological polar surface area (TPSA) is 67.4 Å². The van der Waals surface area contributed by atoms with Crippen molar-refractivity contribution in [2.75, 3.05) is 19.7 Å². The lowest BCUT2D eigenvalue weighted by atomic mass is 10.1. The Bertz CT molecular complexity index is 741. The molecule has 0 spiro atoms. The summed E-state index contributed by atoms with van der Waals surface area (Å²) in [6, 6.07) is 8.40. The number of amides is 1. The number of carbonyl (C=O) groups is 1. The summed E-state index contributed by atoms with van der Waals surface area (Å²) in [5.41, 5.74) is 1.67. The van der Waals surface area contributed by atoms with Gasteiger partial charge in [0.05, 0.1) is 18.8 Å². The van der Waals surface area contributed by atoms with Gasteiger partial charge in [-0.05, 0) is 23.8 Å². The number of hydrogen-bond acceptors (Lipinski definition) is 5. The SMILES string of the molecule is CC(=O)NCc1ccnc(C2CN(Cc3cccc(F)c3)CCO2)n1. The zero-order valence-electron chi connectivity index (χ0n) is 14.1. The van der Waals surface area contributed by atoms with Crippen molar-refractivity contribution >= 4 is 5.91 Å². The van der Waals surface area contributed by atoms with Crippen LogP contribution < -0.4 is 5.32 Å². The molecular weight excluding hydrogens is 323 g/mol.